The topological polar surface area (TPSA) is 69.7 Å². The first kappa shape index (κ1) is 6.73. The van der Waals surface area contributed by atoms with Crippen molar-refractivity contribution < 1.29 is 23.9 Å². The summed E-state index contributed by atoms with van der Waals surface area (Å²) in [5.41, 5.74) is 0. The molecule has 1 heterocycles. The maximum atomic E-state index is 10.5. The van der Waals surface area contributed by atoms with E-state index in [0.717, 1.165) is 0 Å². The molecule has 0 radical (unpaired) electrons. The van der Waals surface area contributed by atoms with Crippen LogP contribution in [0.5, 0.6) is 0 Å². The number of carbonyl (C=O) groups is 3. The van der Waals surface area contributed by atoms with Crippen LogP contribution in [0.15, 0.2) is 0 Å². The molecule has 0 spiro atoms. The Balaban J connectivity index is 2.71. The molecular weight excluding hydrogens is 140 g/mol. The third kappa shape index (κ3) is 0.975. The molecule has 1 aliphatic heterocycles. The van der Waals surface area contributed by atoms with E-state index in [1.165, 1.54) is 0 Å². The van der Waals surface area contributed by atoms with Crippen molar-refractivity contribution in [2.24, 2.45) is 5.92 Å². The molecule has 0 unspecified atom stereocenters. The average Bonchev–Trinajstić information content (AvgIpc) is 1.88. The molecule has 1 rings (SSSR count). The normalized spacial score (nSPS) is 19.6. The van der Waals surface area contributed by atoms with Gasteiger partial charge in [0.25, 0.3) is 0 Å². The molecule has 0 atom stereocenters. The van der Waals surface area contributed by atoms with Crippen molar-refractivity contribution in [2.75, 3.05) is 6.79 Å². The molecule has 1 saturated heterocycles. The molecule has 1 fully saturated rings. The lowest BCUT2D eigenvalue weighted by Gasteiger charge is -2.14. The molecule has 5 heteroatoms. The van der Waals surface area contributed by atoms with E-state index < -0.39 is 17.9 Å². The molecule has 0 aromatic heterocycles. The van der Waals surface area contributed by atoms with Gasteiger partial charge in [-0.3, -0.25) is 9.59 Å². The fourth-order valence-electron chi connectivity index (χ4n) is 0.533. The Bertz CT molecular complexity index is 168. The standard InChI is InChI=1S/C5H4O5/c6-1-3-4(7)9-2-10-5(3)8/h1,3H,2H2. The number of hydrogen-bond donors (Lipinski definition) is 0. The van der Waals surface area contributed by atoms with Gasteiger partial charge >= 0.3 is 11.9 Å². The molecule has 5 nitrogen and oxygen atoms in total. The predicted molar refractivity (Wildman–Crippen MR) is 26.6 cm³/mol. The first-order chi connectivity index (χ1) is 4.75. The molecule has 54 valence electrons. The van der Waals surface area contributed by atoms with Crippen LogP contribution in [0.4, 0.5) is 0 Å². The summed E-state index contributed by atoms with van der Waals surface area (Å²) in [5.74, 6) is -3.06. The monoisotopic (exact) mass is 144 g/mol. The molecule has 0 N–H and O–H groups in total. The van der Waals surface area contributed by atoms with Gasteiger partial charge in [0.2, 0.25) is 12.7 Å². The third-order valence-electron chi connectivity index (χ3n) is 1.05. The van der Waals surface area contributed by atoms with Gasteiger partial charge in [-0.25, -0.2) is 0 Å². The van der Waals surface area contributed by atoms with Crippen LogP contribution in [0.3, 0.4) is 0 Å². The number of hydrogen-bond acceptors (Lipinski definition) is 5. The molecule has 1 aliphatic rings. The molecule has 0 amide bonds. The number of carbonyl (C=O) groups excluding carboxylic acids is 3. The summed E-state index contributed by atoms with van der Waals surface area (Å²) in [4.78, 5) is 30.9. The number of esters is 2. The van der Waals surface area contributed by atoms with E-state index in [-0.39, 0.29) is 13.1 Å². The summed E-state index contributed by atoms with van der Waals surface area (Å²) >= 11 is 0. The Morgan fingerprint density at radius 2 is 1.80 bits per heavy atom. The van der Waals surface area contributed by atoms with E-state index in [4.69, 9.17) is 0 Å². The molecule has 0 saturated carbocycles. The first-order valence-corrected chi connectivity index (χ1v) is 2.54. The lowest BCUT2D eigenvalue weighted by Crippen LogP contribution is -2.35. The highest BCUT2D eigenvalue weighted by Crippen LogP contribution is 2.05. The smallest absolute Gasteiger partial charge is 0.330 e. The minimum absolute atomic E-state index is 0.198. The molecule has 10 heavy (non-hydrogen) atoms. The number of rotatable bonds is 1. The molecular formula is C5H4O5. The van der Waals surface area contributed by atoms with Gasteiger partial charge in [-0.05, 0) is 0 Å². The summed E-state index contributed by atoms with van der Waals surface area (Å²) < 4.78 is 8.48. The molecule has 0 bridgehead atoms. The van der Waals surface area contributed by atoms with Crippen LogP contribution in [0.2, 0.25) is 0 Å². The fourth-order valence-corrected chi connectivity index (χ4v) is 0.533. The summed E-state index contributed by atoms with van der Waals surface area (Å²) in [6, 6.07) is 0. The quantitative estimate of drug-likeness (QED) is 0.264. The van der Waals surface area contributed by atoms with Crippen LogP contribution >= 0.6 is 0 Å². The van der Waals surface area contributed by atoms with Gasteiger partial charge in [-0.15, -0.1) is 0 Å². The van der Waals surface area contributed by atoms with Crippen molar-refractivity contribution in [1.82, 2.24) is 0 Å². The van der Waals surface area contributed by atoms with E-state index in [1.54, 1.807) is 0 Å². The summed E-state index contributed by atoms with van der Waals surface area (Å²) in [6.45, 7) is -0.387. The maximum absolute atomic E-state index is 10.5. The zero-order valence-electron chi connectivity index (χ0n) is 4.90. The van der Waals surface area contributed by atoms with Crippen molar-refractivity contribution in [2.45, 2.75) is 0 Å². The van der Waals surface area contributed by atoms with Gasteiger partial charge in [0.15, 0.2) is 0 Å². The van der Waals surface area contributed by atoms with E-state index in [2.05, 4.69) is 9.47 Å². The second-order valence-corrected chi connectivity index (χ2v) is 1.66. The summed E-state index contributed by atoms with van der Waals surface area (Å²) in [5, 5.41) is 0. The molecule has 0 aromatic rings. The lowest BCUT2D eigenvalue weighted by atomic mass is 10.2. The van der Waals surface area contributed by atoms with Gasteiger partial charge in [0.05, 0.1) is 0 Å². The Hall–Kier alpha value is -1.39. The van der Waals surface area contributed by atoms with Gasteiger partial charge in [-0.1, -0.05) is 0 Å². The second kappa shape index (κ2) is 2.47. The van der Waals surface area contributed by atoms with E-state index in [0.29, 0.717) is 0 Å². The summed E-state index contributed by atoms with van der Waals surface area (Å²) in [7, 11) is 0. The SMILES string of the molecule is O=CC1C(=O)OCOC1=O. The Kier molecular flexibility index (Phi) is 1.66. The van der Waals surface area contributed by atoms with Crippen molar-refractivity contribution >= 4 is 18.2 Å². The Morgan fingerprint density at radius 3 is 2.10 bits per heavy atom. The summed E-state index contributed by atoms with van der Waals surface area (Å²) in [6.07, 6.45) is 0.198. The van der Waals surface area contributed by atoms with Crippen LogP contribution < -0.4 is 0 Å². The third-order valence-corrected chi connectivity index (χ3v) is 1.05. The Labute approximate surface area is 55.9 Å². The van der Waals surface area contributed by atoms with E-state index in [1.807, 2.05) is 0 Å². The van der Waals surface area contributed by atoms with Crippen LogP contribution in [-0.4, -0.2) is 25.0 Å². The minimum Gasteiger partial charge on any atom is -0.427 e. The largest absolute Gasteiger partial charge is 0.427 e. The predicted octanol–water partition coefficient (Wildman–Crippen LogP) is -1.14. The van der Waals surface area contributed by atoms with Gasteiger partial charge in [0, 0.05) is 0 Å². The van der Waals surface area contributed by atoms with Crippen LogP contribution in [0, 0.1) is 5.92 Å². The second-order valence-electron chi connectivity index (χ2n) is 1.66. The maximum Gasteiger partial charge on any atom is 0.330 e. The van der Waals surface area contributed by atoms with Gasteiger partial charge < -0.3 is 14.3 Å². The fraction of sp³-hybridized carbons (Fsp3) is 0.400. The lowest BCUT2D eigenvalue weighted by molar-refractivity contribution is -0.188. The van der Waals surface area contributed by atoms with Crippen molar-refractivity contribution in [3.05, 3.63) is 0 Å². The van der Waals surface area contributed by atoms with Crippen molar-refractivity contribution in [3.8, 4) is 0 Å². The highest BCUT2D eigenvalue weighted by molar-refractivity contribution is 6.08. The molecule has 0 aromatic carbocycles. The number of cyclic esters (lactones) is 2. The number of ether oxygens (including phenoxy) is 2. The van der Waals surface area contributed by atoms with E-state index in [9.17, 15) is 14.4 Å². The van der Waals surface area contributed by atoms with Crippen molar-refractivity contribution in [3.63, 3.8) is 0 Å². The highest BCUT2D eigenvalue weighted by atomic mass is 16.7. The van der Waals surface area contributed by atoms with Crippen LogP contribution in [0.25, 0.3) is 0 Å². The minimum atomic E-state index is -1.38. The zero-order chi connectivity index (χ0) is 7.56. The van der Waals surface area contributed by atoms with Crippen LogP contribution in [0.1, 0.15) is 0 Å². The zero-order valence-corrected chi connectivity index (χ0v) is 4.90. The number of aldehydes is 1. The average molecular weight is 144 g/mol. The molecule has 0 aliphatic carbocycles. The highest BCUT2D eigenvalue weighted by Gasteiger charge is 2.33. The van der Waals surface area contributed by atoms with Crippen molar-refractivity contribution in [1.29, 1.82) is 0 Å². The van der Waals surface area contributed by atoms with Gasteiger partial charge in [-0.2, -0.15) is 0 Å². The van der Waals surface area contributed by atoms with Crippen LogP contribution in [-0.2, 0) is 23.9 Å². The Morgan fingerprint density at radius 1 is 1.30 bits per heavy atom. The first-order valence-electron chi connectivity index (χ1n) is 2.54. The van der Waals surface area contributed by atoms with Gasteiger partial charge in [0.1, 0.15) is 6.29 Å². The van der Waals surface area contributed by atoms with E-state index >= 15 is 0 Å².